The quantitative estimate of drug-likeness (QED) is 0.408. The van der Waals surface area contributed by atoms with Crippen molar-refractivity contribution >= 4 is 66.0 Å². The molecule has 3 aromatic carbocycles. The van der Waals surface area contributed by atoms with Crippen molar-refractivity contribution in [3.05, 3.63) is 77.3 Å². The van der Waals surface area contributed by atoms with Crippen LogP contribution in [0.1, 0.15) is 10.4 Å². The first-order valence-corrected chi connectivity index (χ1v) is 9.53. The average molecular weight is 390 g/mol. The lowest BCUT2D eigenvalue weighted by atomic mass is 10.1. The molecule has 130 valence electrons. The van der Waals surface area contributed by atoms with Gasteiger partial charge in [-0.2, -0.15) is 0 Å². The molecule has 0 aliphatic rings. The average Bonchev–Trinajstić information content (AvgIpc) is 3.04. The number of para-hydroxylation sites is 3. The van der Waals surface area contributed by atoms with E-state index in [1.54, 1.807) is 23.5 Å². The molecule has 6 heteroatoms. The maximum atomic E-state index is 12.7. The van der Waals surface area contributed by atoms with Gasteiger partial charge in [0.2, 0.25) is 0 Å². The van der Waals surface area contributed by atoms with Gasteiger partial charge in [-0.3, -0.25) is 4.79 Å². The molecule has 2 heterocycles. The summed E-state index contributed by atoms with van der Waals surface area (Å²) in [6.45, 7) is 0. The zero-order chi connectivity index (χ0) is 18.4. The molecule has 0 fully saturated rings. The molecule has 1 amide bonds. The number of amides is 1. The molecule has 5 aromatic rings. The highest BCUT2D eigenvalue weighted by Crippen LogP contribution is 2.33. The van der Waals surface area contributed by atoms with E-state index in [1.807, 2.05) is 54.6 Å². The number of anilines is 1. The fourth-order valence-electron chi connectivity index (χ4n) is 3.04. The number of fused-ring (bicyclic) bond motifs is 4. The lowest BCUT2D eigenvalue weighted by molar-refractivity contribution is 0.102. The molecule has 4 nitrogen and oxygen atoms in total. The topological polar surface area (TPSA) is 54.9 Å². The van der Waals surface area contributed by atoms with Crippen LogP contribution in [0, 0.1) is 0 Å². The number of aromatic nitrogens is 2. The molecule has 0 atom stereocenters. The van der Waals surface area contributed by atoms with E-state index in [0.29, 0.717) is 16.3 Å². The van der Waals surface area contributed by atoms with E-state index in [2.05, 4.69) is 5.32 Å². The zero-order valence-corrected chi connectivity index (χ0v) is 15.5. The number of halogens is 1. The second-order valence-electron chi connectivity index (χ2n) is 6.11. The number of nitrogens with one attached hydrogen (secondary N) is 1. The van der Waals surface area contributed by atoms with E-state index in [9.17, 15) is 4.79 Å². The van der Waals surface area contributed by atoms with E-state index in [0.717, 1.165) is 31.5 Å². The number of carbonyl (C=O) groups is 1. The molecule has 0 bridgehead atoms. The summed E-state index contributed by atoms with van der Waals surface area (Å²) < 4.78 is 1.05. The Bertz CT molecular complexity index is 1350. The third kappa shape index (κ3) is 2.81. The van der Waals surface area contributed by atoms with Gasteiger partial charge < -0.3 is 5.32 Å². The molecule has 1 N–H and O–H groups in total. The molecule has 5 rings (SSSR count). The largest absolute Gasteiger partial charge is 0.321 e. The number of benzene rings is 3. The van der Waals surface area contributed by atoms with Crippen molar-refractivity contribution in [1.29, 1.82) is 0 Å². The maximum Gasteiger partial charge on any atom is 0.255 e. The highest BCUT2D eigenvalue weighted by Gasteiger charge is 2.13. The lowest BCUT2D eigenvalue weighted by Crippen LogP contribution is -2.11. The molecular weight excluding hydrogens is 378 g/mol. The first kappa shape index (κ1) is 16.2. The van der Waals surface area contributed by atoms with Crippen LogP contribution < -0.4 is 5.32 Å². The molecule has 0 radical (unpaired) electrons. The fourth-order valence-corrected chi connectivity index (χ4v) is 4.23. The van der Waals surface area contributed by atoms with Crippen LogP contribution in [0.15, 0.2) is 66.7 Å². The van der Waals surface area contributed by atoms with E-state index in [4.69, 9.17) is 21.6 Å². The van der Waals surface area contributed by atoms with Gasteiger partial charge in [0.25, 0.3) is 5.91 Å². The minimum atomic E-state index is -0.210. The van der Waals surface area contributed by atoms with Crippen molar-refractivity contribution in [1.82, 2.24) is 9.97 Å². The van der Waals surface area contributed by atoms with Crippen molar-refractivity contribution in [2.24, 2.45) is 0 Å². The fraction of sp³-hybridized carbons (Fsp3) is 0. The van der Waals surface area contributed by atoms with Crippen LogP contribution in [0.2, 0.25) is 5.02 Å². The van der Waals surface area contributed by atoms with Gasteiger partial charge in [0.15, 0.2) is 0 Å². The summed E-state index contributed by atoms with van der Waals surface area (Å²) in [6, 6.07) is 20.6. The molecule has 2 aromatic heterocycles. The van der Waals surface area contributed by atoms with Crippen LogP contribution in [0.3, 0.4) is 0 Å². The van der Waals surface area contributed by atoms with E-state index in [-0.39, 0.29) is 5.91 Å². The Labute approximate surface area is 163 Å². The van der Waals surface area contributed by atoms with Gasteiger partial charge in [0.1, 0.15) is 10.3 Å². The predicted molar refractivity (Wildman–Crippen MR) is 112 cm³/mol. The van der Waals surface area contributed by atoms with E-state index in [1.165, 1.54) is 0 Å². The number of hydrogen-bond donors (Lipinski definition) is 1. The number of nitrogens with zero attached hydrogens (tertiary/aromatic N) is 2. The van der Waals surface area contributed by atoms with Gasteiger partial charge in [-0.1, -0.05) is 35.9 Å². The van der Waals surface area contributed by atoms with E-state index < -0.39 is 0 Å². The van der Waals surface area contributed by atoms with Crippen molar-refractivity contribution in [3.63, 3.8) is 0 Å². The Morgan fingerprint density at radius 2 is 1.67 bits per heavy atom. The van der Waals surface area contributed by atoms with Crippen LogP contribution in [-0.2, 0) is 0 Å². The van der Waals surface area contributed by atoms with Crippen molar-refractivity contribution < 1.29 is 4.79 Å². The minimum Gasteiger partial charge on any atom is -0.321 e. The zero-order valence-electron chi connectivity index (χ0n) is 13.9. The van der Waals surface area contributed by atoms with Crippen LogP contribution >= 0.6 is 22.9 Å². The standard InChI is InChI=1S/C21H12ClN3OS/c22-14-5-1-2-6-15(14)24-20(26)12-9-10-18-13(11-12)19-21(27-18)25-17-8-4-3-7-16(17)23-19/h1-11H,(H,24,26). The van der Waals surface area contributed by atoms with Crippen LogP contribution in [0.5, 0.6) is 0 Å². The SMILES string of the molecule is O=C(Nc1ccccc1Cl)c1ccc2sc3nc4ccccc4nc3c2c1. The monoisotopic (exact) mass is 389 g/mol. The Hall–Kier alpha value is -3.02. The Morgan fingerprint density at radius 3 is 2.48 bits per heavy atom. The summed E-state index contributed by atoms with van der Waals surface area (Å²) in [4.78, 5) is 23.0. The van der Waals surface area contributed by atoms with Crippen molar-refractivity contribution in [2.45, 2.75) is 0 Å². The molecule has 0 aliphatic heterocycles. The maximum absolute atomic E-state index is 12.7. The predicted octanol–water partition coefficient (Wildman–Crippen LogP) is 5.90. The second-order valence-corrected chi connectivity index (χ2v) is 7.55. The molecule has 0 saturated carbocycles. The first-order chi connectivity index (χ1) is 13.2. The second kappa shape index (κ2) is 6.30. The van der Waals surface area contributed by atoms with Crippen LogP contribution in [0.25, 0.3) is 31.5 Å². The summed E-state index contributed by atoms with van der Waals surface area (Å²) in [5.41, 5.74) is 3.67. The number of hydrogen-bond acceptors (Lipinski definition) is 4. The van der Waals surface area contributed by atoms with Gasteiger partial charge in [-0.05, 0) is 42.5 Å². The van der Waals surface area contributed by atoms with Crippen LogP contribution in [0.4, 0.5) is 5.69 Å². The number of thiophene rings is 1. The Kier molecular flexibility index (Phi) is 3.77. The Morgan fingerprint density at radius 1 is 0.926 bits per heavy atom. The summed E-state index contributed by atoms with van der Waals surface area (Å²) in [6.07, 6.45) is 0. The van der Waals surface area contributed by atoms with Crippen LogP contribution in [-0.4, -0.2) is 15.9 Å². The third-order valence-corrected chi connectivity index (χ3v) is 5.75. The van der Waals surface area contributed by atoms with Gasteiger partial charge in [-0.25, -0.2) is 9.97 Å². The van der Waals surface area contributed by atoms with Gasteiger partial charge in [0, 0.05) is 15.6 Å². The van der Waals surface area contributed by atoms with Gasteiger partial charge in [-0.15, -0.1) is 11.3 Å². The van der Waals surface area contributed by atoms with E-state index >= 15 is 0 Å². The highest BCUT2D eigenvalue weighted by atomic mass is 35.5. The summed E-state index contributed by atoms with van der Waals surface area (Å²) in [7, 11) is 0. The molecule has 0 aliphatic carbocycles. The third-order valence-electron chi connectivity index (χ3n) is 4.36. The number of carbonyl (C=O) groups excluding carboxylic acids is 1. The summed E-state index contributed by atoms with van der Waals surface area (Å²) in [5, 5.41) is 4.29. The van der Waals surface area contributed by atoms with Crippen molar-refractivity contribution in [3.8, 4) is 0 Å². The highest BCUT2D eigenvalue weighted by molar-refractivity contribution is 7.25. The minimum absolute atomic E-state index is 0.210. The lowest BCUT2D eigenvalue weighted by Gasteiger charge is -2.07. The molecule has 0 saturated heterocycles. The summed E-state index contributed by atoms with van der Waals surface area (Å²) >= 11 is 7.71. The molecular formula is C21H12ClN3OS. The van der Waals surface area contributed by atoms with Gasteiger partial charge in [0.05, 0.1) is 21.7 Å². The summed E-state index contributed by atoms with van der Waals surface area (Å²) in [5.74, 6) is -0.210. The number of rotatable bonds is 2. The smallest absolute Gasteiger partial charge is 0.255 e. The van der Waals surface area contributed by atoms with Gasteiger partial charge >= 0.3 is 0 Å². The normalized spacial score (nSPS) is 11.3. The first-order valence-electron chi connectivity index (χ1n) is 8.34. The molecule has 0 unspecified atom stereocenters. The molecule has 27 heavy (non-hydrogen) atoms. The Balaban J connectivity index is 1.61. The molecule has 0 spiro atoms. The van der Waals surface area contributed by atoms with Crippen molar-refractivity contribution in [2.75, 3.05) is 5.32 Å².